The van der Waals surface area contributed by atoms with Gasteiger partial charge in [0.1, 0.15) is 6.54 Å². The first-order chi connectivity index (χ1) is 9.99. The van der Waals surface area contributed by atoms with Crippen molar-refractivity contribution in [3.8, 4) is 0 Å². The van der Waals surface area contributed by atoms with E-state index >= 15 is 0 Å². The number of morpholine rings is 1. The predicted molar refractivity (Wildman–Crippen MR) is 81.9 cm³/mol. The first kappa shape index (κ1) is 16.1. The van der Waals surface area contributed by atoms with E-state index in [-0.39, 0.29) is 18.4 Å². The minimum absolute atomic E-state index is 0.0450. The van der Waals surface area contributed by atoms with Gasteiger partial charge in [0.05, 0.1) is 23.9 Å². The van der Waals surface area contributed by atoms with E-state index in [1.54, 1.807) is 23.1 Å². The smallest absolute Gasteiger partial charge is 0.242 e. The van der Waals surface area contributed by atoms with Crippen molar-refractivity contribution in [2.45, 2.75) is 6.92 Å². The van der Waals surface area contributed by atoms with Crippen LogP contribution in [0.25, 0.3) is 0 Å². The molecule has 0 atom stereocenters. The number of amides is 2. The minimum Gasteiger partial charge on any atom is -0.378 e. The lowest BCUT2D eigenvalue weighted by molar-refractivity contribution is -0.134. The van der Waals surface area contributed by atoms with Crippen LogP contribution in [-0.4, -0.2) is 49.6 Å². The average molecular weight is 331 g/mol. The van der Waals surface area contributed by atoms with Gasteiger partial charge in [-0.2, -0.15) is 0 Å². The third-order valence-corrected chi connectivity index (χ3v) is 3.78. The van der Waals surface area contributed by atoms with Gasteiger partial charge in [0.2, 0.25) is 11.8 Å². The van der Waals surface area contributed by atoms with Crippen molar-refractivity contribution in [3.05, 3.63) is 28.2 Å². The van der Waals surface area contributed by atoms with E-state index in [0.29, 0.717) is 42.0 Å². The molecule has 1 aliphatic heterocycles. The first-order valence-corrected chi connectivity index (χ1v) is 7.33. The summed E-state index contributed by atoms with van der Waals surface area (Å²) in [4.78, 5) is 27.2. The first-order valence-electron chi connectivity index (χ1n) is 6.57. The molecule has 0 saturated carbocycles. The lowest BCUT2D eigenvalue weighted by Crippen LogP contribution is -2.46. The molecule has 21 heavy (non-hydrogen) atoms. The monoisotopic (exact) mass is 330 g/mol. The zero-order chi connectivity index (χ0) is 15.4. The Hall–Kier alpha value is -1.30. The van der Waals surface area contributed by atoms with E-state index in [2.05, 4.69) is 0 Å². The Morgan fingerprint density at radius 1 is 1.29 bits per heavy atom. The van der Waals surface area contributed by atoms with E-state index in [4.69, 9.17) is 27.9 Å². The molecule has 1 saturated heterocycles. The van der Waals surface area contributed by atoms with Gasteiger partial charge in [0.15, 0.2) is 0 Å². The molecule has 0 N–H and O–H groups in total. The zero-order valence-electron chi connectivity index (χ0n) is 11.6. The number of benzene rings is 1. The Kier molecular flexibility index (Phi) is 5.45. The summed E-state index contributed by atoms with van der Waals surface area (Å²) in [7, 11) is 0. The summed E-state index contributed by atoms with van der Waals surface area (Å²) in [5.74, 6) is -0.375. The van der Waals surface area contributed by atoms with Crippen molar-refractivity contribution in [3.63, 3.8) is 0 Å². The highest BCUT2D eigenvalue weighted by molar-refractivity contribution is 6.36. The van der Waals surface area contributed by atoms with E-state index in [1.807, 2.05) is 0 Å². The van der Waals surface area contributed by atoms with E-state index in [0.717, 1.165) is 0 Å². The number of ether oxygens (including phenoxy) is 1. The SMILES string of the molecule is CC(=O)N(CC(=O)N1CCOCC1)c1ccc(Cl)cc1Cl. The van der Waals surface area contributed by atoms with Gasteiger partial charge < -0.3 is 14.5 Å². The number of carbonyl (C=O) groups is 2. The highest BCUT2D eigenvalue weighted by Crippen LogP contribution is 2.29. The molecule has 0 bridgehead atoms. The molecule has 1 aliphatic rings. The molecular weight excluding hydrogens is 315 g/mol. The largest absolute Gasteiger partial charge is 0.378 e. The van der Waals surface area contributed by atoms with Gasteiger partial charge in [0.25, 0.3) is 0 Å². The third-order valence-electron chi connectivity index (χ3n) is 3.24. The van der Waals surface area contributed by atoms with Crippen molar-refractivity contribution in [2.24, 2.45) is 0 Å². The second-order valence-electron chi connectivity index (χ2n) is 4.69. The second-order valence-corrected chi connectivity index (χ2v) is 5.54. The van der Waals surface area contributed by atoms with Crippen LogP contribution in [0.2, 0.25) is 10.0 Å². The Morgan fingerprint density at radius 3 is 2.52 bits per heavy atom. The molecule has 0 spiro atoms. The zero-order valence-corrected chi connectivity index (χ0v) is 13.2. The standard InChI is InChI=1S/C14H16Cl2N2O3/c1-10(19)18(13-3-2-11(15)8-12(13)16)9-14(20)17-4-6-21-7-5-17/h2-3,8H,4-7,9H2,1H3. The summed E-state index contributed by atoms with van der Waals surface area (Å²) in [5, 5.41) is 0.819. The maximum Gasteiger partial charge on any atom is 0.242 e. The molecule has 2 rings (SSSR count). The van der Waals surface area contributed by atoms with Crippen molar-refractivity contribution >= 4 is 40.7 Å². The van der Waals surface area contributed by atoms with Crippen molar-refractivity contribution in [1.29, 1.82) is 0 Å². The van der Waals surface area contributed by atoms with Gasteiger partial charge >= 0.3 is 0 Å². The lowest BCUT2D eigenvalue weighted by atomic mass is 10.2. The van der Waals surface area contributed by atoms with Crippen molar-refractivity contribution in [1.82, 2.24) is 4.90 Å². The van der Waals surface area contributed by atoms with Gasteiger partial charge in [-0.25, -0.2) is 0 Å². The van der Waals surface area contributed by atoms with Crippen LogP contribution in [0.5, 0.6) is 0 Å². The topological polar surface area (TPSA) is 49.9 Å². The van der Waals surface area contributed by atoms with E-state index in [9.17, 15) is 9.59 Å². The summed E-state index contributed by atoms with van der Waals surface area (Å²) in [6, 6.07) is 4.82. The molecule has 0 aromatic heterocycles. The molecule has 0 aliphatic carbocycles. The van der Waals surface area contributed by atoms with Crippen LogP contribution in [0.15, 0.2) is 18.2 Å². The number of hydrogen-bond donors (Lipinski definition) is 0. The van der Waals surface area contributed by atoms with Crippen LogP contribution < -0.4 is 4.90 Å². The summed E-state index contributed by atoms with van der Waals surface area (Å²) >= 11 is 12.0. The van der Waals surface area contributed by atoms with Crippen LogP contribution in [0.3, 0.4) is 0 Å². The lowest BCUT2D eigenvalue weighted by Gasteiger charge is -2.30. The van der Waals surface area contributed by atoms with Gasteiger partial charge in [-0.05, 0) is 18.2 Å². The summed E-state index contributed by atoms with van der Waals surface area (Å²) < 4.78 is 5.21. The maximum atomic E-state index is 12.3. The van der Waals surface area contributed by atoms with Crippen LogP contribution in [0.4, 0.5) is 5.69 Å². The van der Waals surface area contributed by atoms with Gasteiger partial charge in [0, 0.05) is 25.0 Å². The molecule has 1 aromatic carbocycles. The fraction of sp³-hybridized carbons (Fsp3) is 0.429. The number of anilines is 1. The van der Waals surface area contributed by atoms with Crippen LogP contribution in [0, 0.1) is 0 Å². The molecule has 2 amide bonds. The number of carbonyl (C=O) groups excluding carboxylic acids is 2. The number of halogens is 2. The van der Waals surface area contributed by atoms with Gasteiger partial charge in [-0.1, -0.05) is 23.2 Å². The average Bonchev–Trinajstić information content (AvgIpc) is 2.46. The van der Waals surface area contributed by atoms with Gasteiger partial charge in [-0.15, -0.1) is 0 Å². The highest BCUT2D eigenvalue weighted by atomic mass is 35.5. The molecule has 0 radical (unpaired) electrons. The van der Waals surface area contributed by atoms with Crippen molar-refractivity contribution < 1.29 is 14.3 Å². The molecule has 1 aromatic rings. The van der Waals surface area contributed by atoms with Crippen LogP contribution in [0.1, 0.15) is 6.92 Å². The Bertz CT molecular complexity index is 545. The van der Waals surface area contributed by atoms with Gasteiger partial charge in [-0.3, -0.25) is 9.59 Å². The van der Waals surface area contributed by atoms with E-state index in [1.165, 1.54) is 11.8 Å². The molecule has 5 nitrogen and oxygen atoms in total. The number of hydrogen-bond acceptors (Lipinski definition) is 3. The molecule has 114 valence electrons. The fourth-order valence-corrected chi connectivity index (χ4v) is 2.62. The molecule has 1 fully saturated rings. The summed E-state index contributed by atoms with van der Waals surface area (Å²) in [6.07, 6.45) is 0. The summed E-state index contributed by atoms with van der Waals surface area (Å²) in [5.41, 5.74) is 0.482. The van der Waals surface area contributed by atoms with Crippen LogP contribution in [-0.2, 0) is 14.3 Å². The Balaban J connectivity index is 2.15. The summed E-state index contributed by atoms with van der Waals surface area (Å²) in [6.45, 7) is 3.48. The highest BCUT2D eigenvalue weighted by Gasteiger charge is 2.23. The molecule has 1 heterocycles. The predicted octanol–water partition coefficient (Wildman–Crippen LogP) is 2.21. The number of nitrogens with zero attached hydrogens (tertiary/aromatic N) is 2. The Morgan fingerprint density at radius 2 is 1.95 bits per heavy atom. The number of rotatable bonds is 3. The van der Waals surface area contributed by atoms with Crippen molar-refractivity contribution in [2.75, 3.05) is 37.7 Å². The third kappa shape index (κ3) is 4.09. The van der Waals surface area contributed by atoms with Crippen LogP contribution >= 0.6 is 23.2 Å². The Labute approximate surface area is 133 Å². The molecule has 7 heteroatoms. The quantitative estimate of drug-likeness (QED) is 0.853. The molecular formula is C14H16Cl2N2O3. The maximum absolute atomic E-state index is 12.3. The van der Waals surface area contributed by atoms with E-state index < -0.39 is 0 Å². The fourth-order valence-electron chi connectivity index (χ4n) is 2.11. The molecule has 0 unspecified atom stereocenters. The second kappa shape index (κ2) is 7.11. The minimum atomic E-state index is -0.249. The normalized spacial score (nSPS) is 14.9.